The second-order valence-corrected chi connectivity index (χ2v) is 4.20. The molecule has 1 aromatic carbocycles. The van der Waals surface area contributed by atoms with E-state index in [2.05, 4.69) is 27.2 Å². The molecule has 1 aromatic rings. The number of carbonyl (C=O) groups is 2. The lowest BCUT2D eigenvalue weighted by atomic mass is 10.1. The highest BCUT2D eigenvalue weighted by Crippen LogP contribution is 2.10. The van der Waals surface area contributed by atoms with Crippen LogP contribution in [0.3, 0.4) is 0 Å². The van der Waals surface area contributed by atoms with E-state index in [1.807, 2.05) is 0 Å². The molecule has 0 radical (unpaired) electrons. The Bertz CT molecular complexity index is 462. The van der Waals surface area contributed by atoms with Crippen LogP contribution < -0.4 is 5.32 Å². The van der Waals surface area contributed by atoms with Gasteiger partial charge in [0.2, 0.25) is 0 Å². The van der Waals surface area contributed by atoms with E-state index >= 15 is 0 Å². The Balaban J connectivity index is 2.74. The summed E-state index contributed by atoms with van der Waals surface area (Å²) < 4.78 is 0.840. The molecule has 0 aromatic heterocycles. The van der Waals surface area contributed by atoms with Crippen molar-refractivity contribution >= 4 is 27.8 Å². The lowest BCUT2D eigenvalue weighted by Gasteiger charge is -2.11. The summed E-state index contributed by atoms with van der Waals surface area (Å²) in [5.74, 6) is 0.609. The molecular formula is C12H10BrNO3. The van der Waals surface area contributed by atoms with Crippen LogP contribution >= 0.6 is 15.9 Å². The van der Waals surface area contributed by atoms with Crippen molar-refractivity contribution in [2.24, 2.45) is 0 Å². The predicted molar refractivity (Wildman–Crippen MR) is 66.5 cm³/mol. The minimum absolute atomic E-state index is 0.0440. The lowest BCUT2D eigenvalue weighted by molar-refractivity contribution is -0.139. The Morgan fingerprint density at radius 2 is 2.00 bits per heavy atom. The summed E-state index contributed by atoms with van der Waals surface area (Å²) in [5, 5.41) is 11.2. The van der Waals surface area contributed by atoms with Crippen LogP contribution in [0.2, 0.25) is 0 Å². The van der Waals surface area contributed by atoms with E-state index in [9.17, 15) is 9.59 Å². The van der Waals surface area contributed by atoms with Gasteiger partial charge in [0.25, 0.3) is 5.91 Å². The van der Waals surface area contributed by atoms with Gasteiger partial charge < -0.3 is 10.4 Å². The maximum atomic E-state index is 11.7. The second-order valence-electron chi connectivity index (χ2n) is 3.28. The van der Waals surface area contributed by atoms with Crippen LogP contribution in [0.1, 0.15) is 16.8 Å². The van der Waals surface area contributed by atoms with Crippen LogP contribution in [-0.2, 0) is 4.79 Å². The fourth-order valence-corrected chi connectivity index (χ4v) is 1.43. The van der Waals surface area contributed by atoms with Crippen LogP contribution in [0.5, 0.6) is 0 Å². The number of aliphatic carboxylic acids is 1. The Labute approximate surface area is 107 Å². The molecule has 4 nitrogen and oxygen atoms in total. The summed E-state index contributed by atoms with van der Waals surface area (Å²) in [6.07, 6.45) is 4.99. The number of carboxylic acids is 1. The van der Waals surface area contributed by atoms with Crippen LogP contribution in [0, 0.1) is 12.3 Å². The van der Waals surface area contributed by atoms with Gasteiger partial charge in [-0.3, -0.25) is 4.79 Å². The topological polar surface area (TPSA) is 66.4 Å². The number of amides is 1. The van der Waals surface area contributed by atoms with Crippen molar-refractivity contribution < 1.29 is 14.7 Å². The number of nitrogens with one attached hydrogen (secondary N) is 1. The monoisotopic (exact) mass is 295 g/mol. The summed E-state index contributed by atoms with van der Waals surface area (Å²) in [6, 6.07) is 5.52. The smallest absolute Gasteiger partial charge is 0.327 e. The quantitative estimate of drug-likeness (QED) is 0.830. The molecule has 5 heteroatoms. The summed E-state index contributed by atoms with van der Waals surface area (Å²) >= 11 is 3.24. The molecule has 88 valence electrons. The highest BCUT2D eigenvalue weighted by atomic mass is 79.9. The molecule has 0 aliphatic heterocycles. The summed E-state index contributed by atoms with van der Waals surface area (Å²) in [4.78, 5) is 22.5. The first-order chi connectivity index (χ1) is 8.04. The molecule has 2 N–H and O–H groups in total. The van der Waals surface area contributed by atoms with Crippen molar-refractivity contribution in [1.29, 1.82) is 0 Å². The number of halogens is 1. The molecule has 0 heterocycles. The van der Waals surface area contributed by atoms with Gasteiger partial charge in [0.15, 0.2) is 0 Å². The van der Waals surface area contributed by atoms with Crippen LogP contribution in [0.25, 0.3) is 0 Å². The molecule has 1 unspecified atom stereocenters. The largest absolute Gasteiger partial charge is 0.480 e. The van der Waals surface area contributed by atoms with Crippen molar-refractivity contribution in [3.8, 4) is 12.3 Å². The fraction of sp³-hybridized carbons (Fsp3) is 0.167. The SMILES string of the molecule is C#CCC(NC(=O)c1ccc(Br)cc1)C(=O)O. The van der Waals surface area contributed by atoms with Gasteiger partial charge in [0.1, 0.15) is 6.04 Å². The van der Waals surface area contributed by atoms with E-state index in [1.165, 1.54) is 0 Å². The number of hydrogen-bond acceptors (Lipinski definition) is 2. The first-order valence-corrected chi connectivity index (χ1v) is 5.56. The minimum Gasteiger partial charge on any atom is -0.480 e. The van der Waals surface area contributed by atoms with Crippen molar-refractivity contribution in [2.45, 2.75) is 12.5 Å². The number of benzene rings is 1. The van der Waals surface area contributed by atoms with Gasteiger partial charge in [-0.2, -0.15) is 0 Å². The minimum atomic E-state index is -1.14. The number of rotatable bonds is 4. The molecule has 1 amide bonds. The molecule has 0 saturated heterocycles. The van der Waals surface area contributed by atoms with Gasteiger partial charge in [0.05, 0.1) is 0 Å². The van der Waals surface area contributed by atoms with Crippen molar-refractivity contribution in [1.82, 2.24) is 5.32 Å². The van der Waals surface area contributed by atoms with Gasteiger partial charge >= 0.3 is 5.97 Å². The van der Waals surface area contributed by atoms with Crippen molar-refractivity contribution in [3.63, 3.8) is 0 Å². The molecule has 0 spiro atoms. The third-order valence-electron chi connectivity index (χ3n) is 2.03. The molecule has 1 rings (SSSR count). The fourth-order valence-electron chi connectivity index (χ4n) is 1.16. The third-order valence-corrected chi connectivity index (χ3v) is 2.56. The number of carboxylic acid groups (broad SMARTS) is 1. The average molecular weight is 296 g/mol. The number of terminal acetylenes is 1. The van der Waals surface area contributed by atoms with Gasteiger partial charge in [-0.15, -0.1) is 12.3 Å². The van der Waals surface area contributed by atoms with E-state index in [4.69, 9.17) is 11.5 Å². The van der Waals surface area contributed by atoms with Gasteiger partial charge in [-0.1, -0.05) is 15.9 Å². The maximum Gasteiger partial charge on any atom is 0.327 e. The van der Waals surface area contributed by atoms with Crippen LogP contribution in [0.15, 0.2) is 28.7 Å². The maximum absolute atomic E-state index is 11.7. The first kappa shape index (κ1) is 13.3. The van der Waals surface area contributed by atoms with Crippen LogP contribution in [0.4, 0.5) is 0 Å². The number of hydrogen-bond donors (Lipinski definition) is 2. The standard InChI is InChI=1S/C12H10BrNO3/c1-2-3-10(12(16)17)14-11(15)8-4-6-9(13)7-5-8/h1,4-7,10H,3H2,(H,14,15)(H,16,17). The van der Waals surface area contributed by atoms with E-state index < -0.39 is 17.9 Å². The molecular weight excluding hydrogens is 286 g/mol. The summed E-state index contributed by atoms with van der Waals surface area (Å²) in [7, 11) is 0. The Kier molecular flexibility index (Phi) is 4.73. The zero-order chi connectivity index (χ0) is 12.8. The van der Waals surface area contributed by atoms with Crippen LogP contribution in [-0.4, -0.2) is 23.0 Å². The molecule has 0 aliphatic rings. The van der Waals surface area contributed by atoms with E-state index in [1.54, 1.807) is 24.3 Å². The zero-order valence-corrected chi connectivity index (χ0v) is 10.4. The first-order valence-electron chi connectivity index (χ1n) is 4.77. The molecule has 0 bridgehead atoms. The summed E-state index contributed by atoms with van der Waals surface area (Å²) in [5.41, 5.74) is 0.386. The summed E-state index contributed by atoms with van der Waals surface area (Å²) in [6.45, 7) is 0. The van der Waals surface area contributed by atoms with Crippen molar-refractivity contribution in [2.75, 3.05) is 0 Å². The van der Waals surface area contributed by atoms with E-state index in [0.29, 0.717) is 5.56 Å². The zero-order valence-electron chi connectivity index (χ0n) is 8.81. The average Bonchev–Trinajstić information content (AvgIpc) is 2.29. The van der Waals surface area contributed by atoms with E-state index in [0.717, 1.165) is 4.47 Å². The molecule has 1 atom stereocenters. The molecule has 0 fully saturated rings. The van der Waals surface area contributed by atoms with E-state index in [-0.39, 0.29) is 6.42 Å². The Morgan fingerprint density at radius 3 is 2.47 bits per heavy atom. The molecule has 0 aliphatic carbocycles. The predicted octanol–water partition coefficient (Wildman–Crippen LogP) is 1.66. The molecule has 17 heavy (non-hydrogen) atoms. The second kappa shape index (κ2) is 6.06. The Morgan fingerprint density at radius 1 is 1.41 bits per heavy atom. The number of carbonyl (C=O) groups excluding carboxylic acids is 1. The lowest BCUT2D eigenvalue weighted by Crippen LogP contribution is -2.40. The van der Waals surface area contributed by atoms with Gasteiger partial charge in [-0.25, -0.2) is 4.79 Å². The van der Waals surface area contributed by atoms with Crippen molar-refractivity contribution in [3.05, 3.63) is 34.3 Å². The Hall–Kier alpha value is -1.80. The third kappa shape index (κ3) is 3.93. The molecule has 0 saturated carbocycles. The highest BCUT2D eigenvalue weighted by Gasteiger charge is 2.19. The highest BCUT2D eigenvalue weighted by molar-refractivity contribution is 9.10. The normalized spacial score (nSPS) is 11.3. The van der Waals surface area contributed by atoms with Gasteiger partial charge in [-0.05, 0) is 24.3 Å². The van der Waals surface area contributed by atoms with Gasteiger partial charge in [0, 0.05) is 16.5 Å².